The Balaban J connectivity index is 1.23. The van der Waals surface area contributed by atoms with Crippen LogP contribution in [0, 0.1) is 0 Å². The molecule has 0 aliphatic heterocycles. The summed E-state index contributed by atoms with van der Waals surface area (Å²) < 4.78 is 2.35. The summed E-state index contributed by atoms with van der Waals surface area (Å²) in [6.07, 6.45) is 1.99. The lowest BCUT2D eigenvalue weighted by Gasteiger charge is -2.16. The van der Waals surface area contributed by atoms with Crippen LogP contribution in [-0.2, 0) is 0 Å². The molecular formula is C43H29N5. The highest BCUT2D eigenvalue weighted by Crippen LogP contribution is 2.38. The van der Waals surface area contributed by atoms with E-state index in [1.807, 2.05) is 42.6 Å². The molecule has 0 aliphatic carbocycles. The van der Waals surface area contributed by atoms with Gasteiger partial charge in [0, 0.05) is 39.2 Å². The zero-order valence-electron chi connectivity index (χ0n) is 26.0. The predicted molar refractivity (Wildman–Crippen MR) is 196 cm³/mol. The zero-order valence-corrected chi connectivity index (χ0v) is 26.0. The van der Waals surface area contributed by atoms with Gasteiger partial charge in [-0.15, -0.1) is 0 Å². The minimum atomic E-state index is 0.669. The van der Waals surface area contributed by atoms with Crippen molar-refractivity contribution in [1.29, 1.82) is 0 Å². The van der Waals surface area contributed by atoms with E-state index in [0.717, 1.165) is 50.2 Å². The topological polar surface area (TPSA) is 59.4 Å². The second-order valence-electron chi connectivity index (χ2n) is 11.9. The first-order chi connectivity index (χ1) is 23.8. The fourth-order valence-electron chi connectivity index (χ4n) is 6.62. The van der Waals surface area contributed by atoms with Gasteiger partial charge in [-0.3, -0.25) is 10.1 Å². The Morgan fingerprint density at radius 1 is 0.438 bits per heavy atom. The maximum atomic E-state index is 5.22. The van der Waals surface area contributed by atoms with Gasteiger partial charge >= 0.3 is 0 Å². The van der Waals surface area contributed by atoms with E-state index in [1.165, 1.54) is 21.9 Å². The van der Waals surface area contributed by atoms with Crippen molar-refractivity contribution >= 4 is 21.8 Å². The molecular weight excluding hydrogens is 587 g/mol. The smallest absolute Gasteiger partial charge is 0.181 e. The van der Waals surface area contributed by atoms with E-state index < -0.39 is 0 Å². The molecule has 6 aromatic carbocycles. The highest BCUT2D eigenvalue weighted by atomic mass is 15.2. The van der Waals surface area contributed by atoms with Gasteiger partial charge in [-0.2, -0.15) is 5.10 Å². The first kappa shape index (κ1) is 27.7. The van der Waals surface area contributed by atoms with Gasteiger partial charge < -0.3 is 4.57 Å². The Morgan fingerprint density at radius 3 is 1.69 bits per heavy atom. The maximum Gasteiger partial charge on any atom is 0.181 e. The molecule has 0 bridgehead atoms. The molecule has 0 radical (unpaired) electrons. The number of nitrogens with zero attached hydrogens (tertiary/aromatic N) is 4. The Bertz CT molecular complexity index is 2510. The highest BCUT2D eigenvalue weighted by Gasteiger charge is 2.19. The number of H-pyrrole nitrogens is 1. The summed E-state index contributed by atoms with van der Waals surface area (Å²) >= 11 is 0. The standard InChI is InChI=1S/C43H29N5/c1-3-13-29(14-4-1)31-17-11-18-32(25-31)35-27-40(48-38-23-9-7-21-36(38)37-22-8-10-24-39(37)48)41(44-28-35)33-19-12-20-34(26-33)43-45-42(46-47-43)30-15-5-2-6-16-30/h1-28H,(H,45,46,47). The number of benzene rings is 6. The van der Waals surface area contributed by atoms with Crippen molar-refractivity contribution in [1.82, 2.24) is 24.7 Å². The Hall–Kier alpha value is -6.59. The van der Waals surface area contributed by atoms with Gasteiger partial charge in [0.1, 0.15) is 0 Å². The van der Waals surface area contributed by atoms with Crippen molar-refractivity contribution in [3.63, 3.8) is 0 Å². The number of para-hydroxylation sites is 2. The quantitative estimate of drug-likeness (QED) is 0.202. The van der Waals surface area contributed by atoms with Crippen LogP contribution in [0.15, 0.2) is 170 Å². The molecule has 226 valence electrons. The minimum absolute atomic E-state index is 0.669. The molecule has 0 spiro atoms. The molecule has 9 rings (SSSR count). The largest absolute Gasteiger partial charge is 0.307 e. The average Bonchev–Trinajstić information content (AvgIpc) is 3.80. The Labute approximate surface area is 277 Å². The molecule has 0 unspecified atom stereocenters. The lowest BCUT2D eigenvalue weighted by atomic mass is 9.98. The first-order valence-corrected chi connectivity index (χ1v) is 16.0. The summed E-state index contributed by atoms with van der Waals surface area (Å²) in [5.74, 6) is 1.38. The van der Waals surface area contributed by atoms with Gasteiger partial charge in [0.05, 0.1) is 22.4 Å². The molecule has 0 atom stereocenters. The highest BCUT2D eigenvalue weighted by molar-refractivity contribution is 6.09. The third-order valence-corrected chi connectivity index (χ3v) is 8.92. The number of rotatable bonds is 6. The normalized spacial score (nSPS) is 11.3. The number of pyridine rings is 1. The number of nitrogens with one attached hydrogen (secondary N) is 1. The molecule has 3 aromatic heterocycles. The van der Waals surface area contributed by atoms with Crippen LogP contribution in [-0.4, -0.2) is 24.7 Å². The third-order valence-electron chi connectivity index (χ3n) is 8.92. The Morgan fingerprint density at radius 2 is 0.979 bits per heavy atom. The van der Waals surface area contributed by atoms with E-state index in [4.69, 9.17) is 9.97 Å². The van der Waals surface area contributed by atoms with Crippen molar-refractivity contribution in [2.24, 2.45) is 0 Å². The van der Waals surface area contributed by atoms with E-state index in [-0.39, 0.29) is 0 Å². The molecule has 0 amide bonds. The molecule has 0 fully saturated rings. The van der Waals surface area contributed by atoms with Crippen molar-refractivity contribution in [2.45, 2.75) is 0 Å². The second-order valence-corrected chi connectivity index (χ2v) is 11.9. The van der Waals surface area contributed by atoms with Crippen LogP contribution >= 0.6 is 0 Å². The number of aromatic nitrogens is 5. The molecule has 48 heavy (non-hydrogen) atoms. The van der Waals surface area contributed by atoms with E-state index in [0.29, 0.717) is 11.6 Å². The van der Waals surface area contributed by atoms with Crippen molar-refractivity contribution in [2.75, 3.05) is 0 Å². The zero-order chi connectivity index (χ0) is 31.9. The summed E-state index contributed by atoms with van der Waals surface area (Å²) in [7, 11) is 0. The number of hydrogen-bond donors (Lipinski definition) is 1. The van der Waals surface area contributed by atoms with Crippen LogP contribution in [0.3, 0.4) is 0 Å². The Kier molecular flexibility index (Phi) is 6.72. The van der Waals surface area contributed by atoms with Crippen LogP contribution in [0.25, 0.3) is 83.8 Å². The van der Waals surface area contributed by atoms with E-state index in [9.17, 15) is 0 Å². The maximum absolute atomic E-state index is 5.22. The molecule has 0 aliphatic rings. The van der Waals surface area contributed by atoms with Crippen molar-refractivity contribution in [3.05, 3.63) is 170 Å². The van der Waals surface area contributed by atoms with Gasteiger partial charge in [0.2, 0.25) is 0 Å². The lowest BCUT2D eigenvalue weighted by molar-refractivity contribution is 1.10. The second kappa shape index (κ2) is 11.6. The molecule has 0 saturated heterocycles. The molecule has 5 heteroatoms. The lowest BCUT2D eigenvalue weighted by Crippen LogP contribution is -2.00. The van der Waals surface area contributed by atoms with Gasteiger partial charge in [-0.05, 0) is 47.0 Å². The summed E-state index contributed by atoms with van der Waals surface area (Å²) in [5, 5.41) is 10.1. The van der Waals surface area contributed by atoms with Crippen LogP contribution in [0.4, 0.5) is 0 Å². The fourth-order valence-corrected chi connectivity index (χ4v) is 6.62. The minimum Gasteiger partial charge on any atom is -0.307 e. The van der Waals surface area contributed by atoms with E-state index in [1.54, 1.807) is 0 Å². The van der Waals surface area contributed by atoms with Gasteiger partial charge in [0.25, 0.3) is 0 Å². The van der Waals surface area contributed by atoms with Crippen LogP contribution in [0.1, 0.15) is 0 Å². The first-order valence-electron chi connectivity index (χ1n) is 16.0. The van der Waals surface area contributed by atoms with Crippen LogP contribution in [0.2, 0.25) is 0 Å². The predicted octanol–water partition coefficient (Wildman–Crippen LogP) is 10.6. The van der Waals surface area contributed by atoms with Crippen LogP contribution < -0.4 is 0 Å². The SMILES string of the molecule is c1ccc(-c2cccc(-c3cnc(-c4cccc(-c5nc(-c6ccccc6)n[nH]5)c4)c(-n4c5ccccc5c5ccccc54)c3)c2)cc1. The molecule has 5 nitrogen and oxygen atoms in total. The summed E-state index contributed by atoms with van der Waals surface area (Å²) in [4.78, 5) is 10.1. The monoisotopic (exact) mass is 615 g/mol. The molecule has 9 aromatic rings. The molecule has 1 N–H and O–H groups in total. The molecule has 3 heterocycles. The van der Waals surface area contributed by atoms with Gasteiger partial charge in [-0.1, -0.05) is 133 Å². The average molecular weight is 616 g/mol. The number of hydrogen-bond acceptors (Lipinski definition) is 3. The van der Waals surface area contributed by atoms with Crippen molar-refractivity contribution in [3.8, 4) is 62.0 Å². The fraction of sp³-hybridized carbons (Fsp3) is 0. The van der Waals surface area contributed by atoms with E-state index >= 15 is 0 Å². The number of aromatic amines is 1. The summed E-state index contributed by atoms with van der Waals surface area (Å²) in [5.41, 5.74) is 11.6. The van der Waals surface area contributed by atoms with Gasteiger partial charge in [0.15, 0.2) is 11.6 Å². The summed E-state index contributed by atoms with van der Waals surface area (Å²) in [6.45, 7) is 0. The van der Waals surface area contributed by atoms with Crippen molar-refractivity contribution < 1.29 is 0 Å². The molecule has 0 saturated carbocycles. The number of fused-ring (bicyclic) bond motifs is 3. The van der Waals surface area contributed by atoms with Crippen LogP contribution in [0.5, 0.6) is 0 Å². The summed E-state index contributed by atoms with van der Waals surface area (Å²) in [6, 6.07) is 57.1. The third kappa shape index (κ3) is 4.86. The van der Waals surface area contributed by atoms with Gasteiger partial charge in [-0.25, -0.2) is 4.98 Å². The van der Waals surface area contributed by atoms with E-state index in [2.05, 4.69) is 142 Å².